The number of benzene rings is 1. The first kappa shape index (κ1) is 17.4. The molecule has 3 aliphatic rings. The summed E-state index contributed by atoms with van der Waals surface area (Å²) in [4.78, 5) is 29.5. The van der Waals surface area contributed by atoms with E-state index in [0.717, 1.165) is 44.7 Å². The first-order valence-corrected chi connectivity index (χ1v) is 10.0. The smallest absolute Gasteiger partial charge is 0.317 e. The van der Waals surface area contributed by atoms with E-state index in [1.54, 1.807) is 0 Å². The maximum absolute atomic E-state index is 13.0. The lowest BCUT2D eigenvalue weighted by Crippen LogP contribution is -2.51. The van der Waals surface area contributed by atoms with Crippen LogP contribution in [-0.2, 0) is 11.2 Å². The van der Waals surface area contributed by atoms with Gasteiger partial charge in [-0.25, -0.2) is 4.79 Å². The van der Waals surface area contributed by atoms with Crippen LogP contribution in [0.3, 0.4) is 0 Å². The Labute approximate surface area is 155 Å². The van der Waals surface area contributed by atoms with Gasteiger partial charge in [0, 0.05) is 32.7 Å². The van der Waals surface area contributed by atoms with Crippen LogP contribution in [0, 0.1) is 11.3 Å². The molecule has 0 radical (unpaired) electrons. The minimum Gasteiger partial charge on any atom is -0.342 e. The maximum atomic E-state index is 13.0. The number of urea groups is 1. The maximum Gasteiger partial charge on any atom is 0.317 e. The van der Waals surface area contributed by atoms with Gasteiger partial charge >= 0.3 is 6.03 Å². The Morgan fingerprint density at radius 1 is 1.15 bits per heavy atom. The lowest BCUT2D eigenvalue weighted by Gasteiger charge is -2.39. The monoisotopic (exact) mass is 355 g/mol. The van der Waals surface area contributed by atoms with Crippen LogP contribution in [0.5, 0.6) is 0 Å². The third kappa shape index (κ3) is 3.71. The second kappa shape index (κ2) is 7.29. The van der Waals surface area contributed by atoms with Gasteiger partial charge < -0.3 is 15.1 Å². The van der Waals surface area contributed by atoms with Crippen molar-refractivity contribution in [3.63, 3.8) is 0 Å². The molecule has 2 aliphatic heterocycles. The van der Waals surface area contributed by atoms with E-state index in [4.69, 9.17) is 0 Å². The number of carbonyl (C=O) groups excluding carboxylic acids is 2. The van der Waals surface area contributed by atoms with Gasteiger partial charge in [-0.3, -0.25) is 4.79 Å². The van der Waals surface area contributed by atoms with Crippen molar-refractivity contribution < 1.29 is 9.59 Å². The second-order valence-electron chi connectivity index (χ2n) is 8.22. The average molecular weight is 355 g/mol. The molecule has 1 spiro atoms. The van der Waals surface area contributed by atoms with Crippen LogP contribution in [0.1, 0.15) is 37.7 Å². The molecule has 26 heavy (non-hydrogen) atoms. The van der Waals surface area contributed by atoms with Crippen molar-refractivity contribution in [3.05, 3.63) is 35.9 Å². The van der Waals surface area contributed by atoms with E-state index in [1.165, 1.54) is 18.4 Å². The van der Waals surface area contributed by atoms with Gasteiger partial charge in [0.25, 0.3) is 0 Å². The molecule has 1 aromatic carbocycles. The van der Waals surface area contributed by atoms with Crippen molar-refractivity contribution in [1.82, 2.24) is 15.1 Å². The summed E-state index contributed by atoms with van der Waals surface area (Å²) in [6, 6.07) is 10.2. The number of hydrogen-bond donors (Lipinski definition) is 1. The average Bonchev–Trinajstić information content (AvgIpc) is 3.37. The van der Waals surface area contributed by atoms with Gasteiger partial charge in [0.05, 0.1) is 5.41 Å². The number of nitrogens with zero attached hydrogens (tertiary/aromatic N) is 2. The van der Waals surface area contributed by atoms with Gasteiger partial charge in [0.1, 0.15) is 0 Å². The minimum atomic E-state index is -0.316. The standard InChI is InChI=1S/C21H29N3O2/c25-19-21(10-4-13-23(19)15-18-7-8-18)11-14-24(16-21)20(26)22-12-9-17-5-2-1-3-6-17/h1-3,5-6,18H,4,7-16H2,(H,22,26). The van der Waals surface area contributed by atoms with Crippen molar-refractivity contribution in [2.45, 2.75) is 38.5 Å². The molecular formula is C21H29N3O2. The highest BCUT2D eigenvalue weighted by Crippen LogP contribution is 2.41. The molecular weight excluding hydrogens is 326 g/mol. The summed E-state index contributed by atoms with van der Waals surface area (Å²) in [5.74, 6) is 1.03. The highest BCUT2D eigenvalue weighted by atomic mass is 16.2. The Morgan fingerprint density at radius 3 is 2.73 bits per heavy atom. The molecule has 1 N–H and O–H groups in total. The van der Waals surface area contributed by atoms with Crippen molar-refractivity contribution in [1.29, 1.82) is 0 Å². The van der Waals surface area contributed by atoms with Crippen molar-refractivity contribution in [3.8, 4) is 0 Å². The Kier molecular flexibility index (Phi) is 4.88. The van der Waals surface area contributed by atoms with E-state index in [0.29, 0.717) is 25.5 Å². The van der Waals surface area contributed by atoms with E-state index in [-0.39, 0.29) is 11.4 Å². The topological polar surface area (TPSA) is 52.7 Å². The third-order valence-corrected chi connectivity index (χ3v) is 6.17. The molecule has 2 saturated heterocycles. The number of amides is 3. The van der Waals surface area contributed by atoms with Crippen molar-refractivity contribution in [2.75, 3.05) is 32.7 Å². The van der Waals surface area contributed by atoms with Crippen LogP contribution in [-0.4, -0.2) is 54.5 Å². The Morgan fingerprint density at radius 2 is 1.96 bits per heavy atom. The number of carbonyl (C=O) groups is 2. The van der Waals surface area contributed by atoms with Gasteiger partial charge in [-0.15, -0.1) is 0 Å². The molecule has 1 aromatic rings. The molecule has 5 heteroatoms. The summed E-state index contributed by atoms with van der Waals surface area (Å²) in [5.41, 5.74) is 0.910. The first-order chi connectivity index (χ1) is 12.7. The van der Waals surface area contributed by atoms with Crippen LogP contribution < -0.4 is 5.32 Å². The van der Waals surface area contributed by atoms with Gasteiger partial charge in [-0.2, -0.15) is 0 Å². The van der Waals surface area contributed by atoms with Gasteiger partial charge in [0.15, 0.2) is 0 Å². The number of rotatable bonds is 5. The predicted molar refractivity (Wildman–Crippen MR) is 101 cm³/mol. The molecule has 4 rings (SSSR count). The highest BCUT2D eigenvalue weighted by molar-refractivity contribution is 5.85. The van der Waals surface area contributed by atoms with Crippen LogP contribution >= 0.6 is 0 Å². The molecule has 1 saturated carbocycles. The van der Waals surface area contributed by atoms with Crippen LogP contribution in [0.15, 0.2) is 30.3 Å². The van der Waals surface area contributed by atoms with Crippen LogP contribution in [0.25, 0.3) is 0 Å². The molecule has 1 aliphatic carbocycles. The third-order valence-electron chi connectivity index (χ3n) is 6.17. The summed E-state index contributed by atoms with van der Waals surface area (Å²) in [6.07, 6.45) is 6.20. The molecule has 3 fully saturated rings. The molecule has 140 valence electrons. The molecule has 0 aromatic heterocycles. The first-order valence-electron chi connectivity index (χ1n) is 10.0. The Balaban J connectivity index is 1.29. The molecule has 1 atom stereocenters. The fourth-order valence-electron chi connectivity index (χ4n) is 4.43. The summed E-state index contributed by atoms with van der Waals surface area (Å²) < 4.78 is 0. The molecule has 3 amide bonds. The molecule has 1 unspecified atom stereocenters. The zero-order chi connectivity index (χ0) is 18.0. The van der Waals surface area contributed by atoms with Crippen LogP contribution in [0.2, 0.25) is 0 Å². The number of likely N-dealkylation sites (tertiary alicyclic amines) is 2. The van der Waals surface area contributed by atoms with E-state index in [2.05, 4.69) is 22.3 Å². The predicted octanol–water partition coefficient (Wildman–Crippen LogP) is 2.66. The summed E-state index contributed by atoms with van der Waals surface area (Å²) in [7, 11) is 0. The molecule has 5 nitrogen and oxygen atoms in total. The largest absolute Gasteiger partial charge is 0.342 e. The highest BCUT2D eigenvalue weighted by Gasteiger charge is 2.49. The van der Waals surface area contributed by atoms with E-state index >= 15 is 0 Å². The fourth-order valence-corrected chi connectivity index (χ4v) is 4.43. The summed E-state index contributed by atoms with van der Waals surface area (Å²) in [6.45, 7) is 3.75. The lowest BCUT2D eigenvalue weighted by molar-refractivity contribution is -0.145. The summed E-state index contributed by atoms with van der Waals surface area (Å²) >= 11 is 0. The molecule has 2 heterocycles. The minimum absolute atomic E-state index is 0.0232. The number of hydrogen-bond acceptors (Lipinski definition) is 2. The quantitative estimate of drug-likeness (QED) is 0.883. The SMILES string of the molecule is O=C(NCCc1ccccc1)N1CCC2(CCCN(CC3CC3)C2=O)C1. The fraction of sp³-hybridized carbons (Fsp3) is 0.619. The summed E-state index contributed by atoms with van der Waals surface area (Å²) in [5, 5.41) is 3.03. The van der Waals surface area contributed by atoms with Gasteiger partial charge in [-0.05, 0) is 50.0 Å². The second-order valence-corrected chi connectivity index (χ2v) is 8.22. The lowest BCUT2D eigenvalue weighted by atomic mass is 9.78. The van der Waals surface area contributed by atoms with E-state index in [9.17, 15) is 9.59 Å². The van der Waals surface area contributed by atoms with Crippen molar-refractivity contribution in [2.24, 2.45) is 11.3 Å². The number of piperidine rings is 1. The normalized spacial score (nSPS) is 25.8. The van der Waals surface area contributed by atoms with Gasteiger partial charge in [-0.1, -0.05) is 30.3 Å². The van der Waals surface area contributed by atoms with Crippen molar-refractivity contribution >= 4 is 11.9 Å². The van der Waals surface area contributed by atoms with Gasteiger partial charge in [0.2, 0.25) is 5.91 Å². The van der Waals surface area contributed by atoms with E-state index < -0.39 is 0 Å². The Hall–Kier alpha value is -2.04. The zero-order valence-electron chi connectivity index (χ0n) is 15.5. The number of nitrogens with one attached hydrogen (secondary N) is 1. The van der Waals surface area contributed by atoms with Crippen LogP contribution in [0.4, 0.5) is 4.79 Å². The Bertz CT molecular complexity index is 658. The van der Waals surface area contributed by atoms with E-state index in [1.807, 2.05) is 23.1 Å². The molecule has 0 bridgehead atoms. The zero-order valence-corrected chi connectivity index (χ0v) is 15.5.